The predicted molar refractivity (Wildman–Crippen MR) is 59.2 cm³/mol. The number of nitrogen functional groups attached to an aromatic ring is 1. The minimum absolute atomic E-state index is 0.571. The van der Waals surface area contributed by atoms with E-state index in [4.69, 9.17) is 10.2 Å². The van der Waals surface area contributed by atoms with Crippen LogP contribution >= 0.6 is 0 Å². The van der Waals surface area contributed by atoms with Crippen LogP contribution in [-0.4, -0.2) is 5.11 Å². The highest BCUT2D eigenvalue weighted by Crippen LogP contribution is 2.25. The highest BCUT2D eigenvalue weighted by atomic mass is 16.4. The average molecular weight is 203 g/mol. The van der Waals surface area contributed by atoms with Crippen molar-refractivity contribution in [2.45, 2.75) is 13.0 Å². The maximum absolute atomic E-state index is 9.31. The molecule has 0 radical (unpaired) electrons. The molecule has 3 heteroatoms. The van der Waals surface area contributed by atoms with Gasteiger partial charge in [0.25, 0.3) is 0 Å². The zero-order valence-corrected chi connectivity index (χ0v) is 8.47. The van der Waals surface area contributed by atoms with Gasteiger partial charge in [-0.15, -0.1) is 0 Å². The molecule has 3 nitrogen and oxygen atoms in total. The molecule has 0 fully saturated rings. The zero-order valence-electron chi connectivity index (χ0n) is 8.47. The van der Waals surface area contributed by atoms with Crippen LogP contribution in [-0.2, 0) is 0 Å². The Kier molecular flexibility index (Phi) is 2.47. The summed E-state index contributed by atoms with van der Waals surface area (Å²) >= 11 is 0. The van der Waals surface area contributed by atoms with Gasteiger partial charge < -0.3 is 15.3 Å². The topological polar surface area (TPSA) is 59.4 Å². The molecule has 0 bridgehead atoms. The summed E-state index contributed by atoms with van der Waals surface area (Å²) in [6.45, 7) is 1.67. The Hall–Kier alpha value is -1.74. The third kappa shape index (κ3) is 2.02. The van der Waals surface area contributed by atoms with Gasteiger partial charge in [0.1, 0.15) is 17.6 Å². The average Bonchev–Trinajstić information content (AvgIpc) is 2.68. The van der Waals surface area contributed by atoms with Gasteiger partial charge in [-0.3, -0.25) is 0 Å². The third-order valence-corrected chi connectivity index (χ3v) is 2.23. The molecule has 1 aromatic heterocycles. The Labute approximate surface area is 88.1 Å². The van der Waals surface area contributed by atoms with Gasteiger partial charge in [-0.05, 0) is 43.3 Å². The standard InChI is InChI=1S/C12H13NO2/c1-8(14)11-6-7-12(15-11)9-2-4-10(13)5-3-9/h2-8,14H,13H2,1H3. The van der Waals surface area contributed by atoms with E-state index in [1.807, 2.05) is 30.3 Å². The van der Waals surface area contributed by atoms with Crippen molar-refractivity contribution in [1.29, 1.82) is 0 Å². The molecule has 1 atom stereocenters. The summed E-state index contributed by atoms with van der Waals surface area (Å²) < 4.78 is 5.48. The Bertz CT molecular complexity index is 443. The Morgan fingerprint density at radius 3 is 2.33 bits per heavy atom. The normalized spacial score (nSPS) is 12.7. The first kappa shape index (κ1) is 9.80. The number of nitrogens with two attached hydrogens (primary N) is 1. The number of anilines is 1. The monoisotopic (exact) mass is 203 g/mol. The minimum Gasteiger partial charge on any atom is -0.458 e. The molecule has 1 heterocycles. The molecule has 0 saturated carbocycles. The van der Waals surface area contributed by atoms with E-state index in [9.17, 15) is 5.11 Å². The maximum atomic E-state index is 9.31. The van der Waals surface area contributed by atoms with Crippen molar-refractivity contribution in [3.05, 3.63) is 42.2 Å². The van der Waals surface area contributed by atoms with Crippen molar-refractivity contribution in [2.24, 2.45) is 0 Å². The number of aliphatic hydroxyl groups is 1. The van der Waals surface area contributed by atoms with E-state index in [0.717, 1.165) is 17.0 Å². The van der Waals surface area contributed by atoms with Gasteiger partial charge in [0.05, 0.1) is 0 Å². The number of hydrogen-bond donors (Lipinski definition) is 2. The second kappa shape index (κ2) is 3.79. The molecule has 0 spiro atoms. The van der Waals surface area contributed by atoms with Crippen molar-refractivity contribution in [1.82, 2.24) is 0 Å². The molecule has 0 aliphatic heterocycles. The lowest BCUT2D eigenvalue weighted by atomic mass is 10.1. The molecular formula is C12H13NO2. The minimum atomic E-state index is -0.576. The van der Waals surface area contributed by atoms with Crippen molar-refractivity contribution >= 4 is 5.69 Å². The van der Waals surface area contributed by atoms with Crippen molar-refractivity contribution < 1.29 is 9.52 Å². The number of rotatable bonds is 2. The number of aliphatic hydroxyl groups excluding tert-OH is 1. The zero-order chi connectivity index (χ0) is 10.8. The van der Waals surface area contributed by atoms with Gasteiger partial charge in [0, 0.05) is 11.3 Å². The lowest BCUT2D eigenvalue weighted by Gasteiger charge is -2.00. The molecule has 1 unspecified atom stereocenters. The summed E-state index contributed by atoms with van der Waals surface area (Å²) in [5.74, 6) is 1.31. The molecule has 0 amide bonds. The van der Waals surface area contributed by atoms with Crippen LogP contribution < -0.4 is 5.73 Å². The smallest absolute Gasteiger partial charge is 0.134 e. The van der Waals surface area contributed by atoms with E-state index in [1.165, 1.54) is 0 Å². The highest BCUT2D eigenvalue weighted by molar-refractivity contribution is 5.60. The Balaban J connectivity index is 2.33. The summed E-state index contributed by atoms with van der Waals surface area (Å²) in [7, 11) is 0. The van der Waals surface area contributed by atoms with Gasteiger partial charge in [0.15, 0.2) is 0 Å². The van der Waals surface area contributed by atoms with E-state index in [-0.39, 0.29) is 0 Å². The van der Waals surface area contributed by atoms with E-state index in [1.54, 1.807) is 13.0 Å². The summed E-state index contributed by atoms with van der Waals surface area (Å²) in [4.78, 5) is 0. The molecule has 0 aliphatic rings. The molecule has 1 aromatic carbocycles. The van der Waals surface area contributed by atoms with Crippen LogP contribution in [0, 0.1) is 0 Å². The van der Waals surface area contributed by atoms with Crippen LogP contribution in [0.2, 0.25) is 0 Å². The van der Waals surface area contributed by atoms with Crippen LogP contribution in [0.1, 0.15) is 18.8 Å². The molecule has 2 aromatic rings. The van der Waals surface area contributed by atoms with Crippen molar-refractivity contribution in [2.75, 3.05) is 5.73 Å². The quantitative estimate of drug-likeness (QED) is 0.737. The third-order valence-electron chi connectivity index (χ3n) is 2.23. The summed E-state index contributed by atoms with van der Waals surface area (Å²) in [5.41, 5.74) is 7.27. The highest BCUT2D eigenvalue weighted by Gasteiger charge is 2.08. The fourth-order valence-corrected chi connectivity index (χ4v) is 1.38. The van der Waals surface area contributed by atoms with E-state index < -0.39 is 6.10 Å². The number of furan rings is 1. The van der Waals surface area contributed by atoms with Crippen molar-refractivity contribution in [3.8, 4) is 11.3 Å². The molecule has 78 valence electrons. The maximum Gasteiger partial charge on any atom is 0.134 e. The van der Waals surface area contributed by atoms with E-state index in [0.29, 0.717) is 5.76 Å². The van der Waals surface area contributed by atoms with Gasteiger partial charge in [-0.2, -0.15) is 0 Å². The SMILES string of the molecule is CC(O)c1ccc(-c2ccc(N)cc2)o1. The van der Waals surface area contributed by atoms with Gasteiger partial charge in [-0.25, -0.2) is 0 Å². The molecule has 3 N–H and O–H groups in total. The van der Waals surface area contributed by atoms with Gasteiger partial charge in [-0.1, -0.05) is 0 Å². The summed E-state index contributed by atoms with van der Waals surface area (Å²) in [6.07, 6.45) is -0.576. The summed E-state index contributed by atoms with van der Waals surface area (Å²) in [5, 5.41) is 9.31. The van der Waals surface area contributed by atoms with E-state index >= 15 is 0 Å². The lowest BCUT2D eigenvalue weighted by molar-refractivity contribution is 0.170. The van der Waals surface area contributed by atoms with Crippen LogP contribution in [0.3, 0.4) is 0 Å². The first-order valence-corrected chi connectivity index (χ1v) is 4.80. The van der Waals surface area contributed by atoms with Crippen LogP contribution in [0.25, 0.3) is 11.3 Å². The molecule has 2 rings (SSSR count). The van der Waals surface area contributed by atoms with E-state index in [2.05, 4.69) is 0 Å². The molecule has 15 heavy (non-hydrogen) atoms. The number of benzene rings is 1. The molecule has 0 aliphatic carbocycles. The second-order valence-electron chi connectivity index (χ2n) is 3.50. The van der Waals surface area contributed by atoms with Crippen LogP contribution in [0.5, 0.6) is 0 Å². The molecule has 0 saturated heterocycles. The first-order valence-electron chi connectivity index (χ1n) is 4.80. The van der Waals surface area contributed by atoms with Crippen molar-refractivity contribution in [3.63, 3.8) is 0 Å². The Morgan fingerprint density at radius 2 is 1.80 bits per heavy atom. The predicted octanol–water partition coefficient (Wildman–Crippen LogP) is 2.58. The van der Waals surface area contributed by atoms with Gasteiger partial charge in [0.2, 0.25) is 0 Å². The largest absolute Gasteiger partial charge is 0.458 e. The van der Waals surface area contributed by atoms with Crippen LogP contribution in [0.4, 0.5) is 5.69 Å². The summed E-state index contributed by atoms with van der Waals surface area (Å²) in [6, 6.07) is 11.0. The second-order valence-corrected chi connectivity index (χ2v) is 3.50. The fraction of sp³-hybridized carbons (Fsp3) is 0.167. The first-order chi connectivity index (χ1) is 7.16. The number of hydrogen-bond acceptors (Lipinski definition) is 3. The fourth-order valence-electron chi connectivity index (χ4n) is 1.38. The Morgan fingerprint density at radius 1 is 1.13 bits per heavy atom. The molecular weight excluding hydrogens is 190 g/mol. The van der Waals surface area contributed by atoms with Gasteiger partial charge >= 0.3 is 0 Å². The van der Waals surface area contributed by atoms with Crippen LogP contribution in [0.15, 0.2) is 40.8 Å². The lowest BCUT2D eigenvalue weighted by Crippen LogP contribution is -1.86.